The molecule has 3 aromatic rings. The maximum Gasteiger partial charge on any atom is 0.271 e. The summed E-state index contributed by atoms with van der Waals surface area (Å²) in [4.78, 5) is 0.186. The van der Waals surface area contributed by atoms with Gasteiger partial charge in [0, 0.05) is 17.4 Å². The van der Waals surface area contributed by atoms with Gasteiger partial charge in [0.05, 0.1) is 4.90 Å². The van der Waals surface area contributed by atoms with Crippen molar-refractivity contribution < 1.29 is 13.2 Å². The summed E-state index contributed by atoms with van der Waals surface area (Å²) < 4.78 is 29.9. The first-order valence-corrected chi connectivity index (χ1v) is 9.95. The minimum absolute atomic E-state index is 0.186. The number of nitrogens with zero attached hydrogens (tertiary/aromatic N) is 2. The number of ether oxygens (including phenoxy) is 1. The van der Waals surface area contributed by atoms with E-state index in [1.165, 1.54) is 12.1 Å². The zero-order chi connectivity index (χ0) is 18.2. The quantitative estimate of drug-likeness (QED) is 0.689. The number of sulfone groups is 1. The number of hydrogen-bond acceptors (Lipinski definition) is 5. The highest BCUT2D eigenvalue weighted by atomic mass is 32.2. The van der Waals surface area contributed by atoms with E-state index in [9.17, 15) is 8.42 Å². The van der Waals surface area contributed by atoms with Gasteiger partial charge < -0.3 is 4.74 Å². The van der Waals surface area contributed by atoms with Crippen LogP contribution < -0.4 is 4.74 Å². The fourth-order valence-corrected chi connectivity index (χ4v) is 3.57. The Labute approximate surface area is 151 Å². The molecule has 0 bridgehead atoms. The van der Waals surface area contributed by atoms with Crippen LogP contribution in [0.5, 0.6) is 5.75 Å². The number of hydrogen-bond donors (Lipinski definition) is 0. The van der Waals surface area contributed by atoms with E-state index in [1.54, 1.807) is 6.07 Å². The highest BCUT2D eigenvalue weighted by Gasteiger charge is 2.40. The van der Waals surface area contributed by atoms with Crippen molar-refractivity contribution in [2.45, 2.75) is 10.6 Å². The lowest BCUT2D eigenvalue weighted by atomic mass is 9.94. The Balaban J connectivity index is 1.88. The topological polar surface area (TPSA) is 68.1 Å². The van der Waals surface area contributed by atoms with Crippen molar-refractivity contribution in [1.82, 2.24) is 0 Å². The third-order valence-corrected chi connectivity index (χ3v) is 5.36. The van der Waals surface area contributed by atoms with Gasteiger partial charge in [-0.2, -0.15) is 0 Å². The minimum atomic E-state index is -3.33. The summed E-state index contributed by atoms with van der Waals surface area (Å²) in [5.74, 6) is 0.486. The fraction of sp³-hybridized carbons (Fsp3) is 0.100. The normalized spacial score (nSPS) is 15.1. The average Bonchev–Trinajstić information content (AvgIpc) is 2.68. The Morgan fingerprint density at radius 2 is 1.42 bits per heavy atom. The molecule has 0 atom stereocenters. The van der Waals surface area contributed by atoms with Gasteiger partial charge in [-0.3, -0.25) is 0 Å². The first kappa shape index (κ1) is 16.5. The standard InChI is InChI=1S/C20H16N2O3S/c1-26(23,24)17-12-13-19-18(14-17)21-22-20(25-19,15-8-4-2-5-9-15)16-10-6-3-7-11-16/h2-14H,1H3. The van der Waals surface area contributed by atoms with Crippen molar-refractivity contribution in [3.8, 4) is 5.75 Å². The third-order valence-electron chi connectivity index (χ3n) is 4.24. The summed E-state index contributed by atoms with van der Waals surface area (Å²) in [5.41, 5.74) is 0.971. The van der Waals surface area contributed by atoms with Crippen molar-refractivity contribution in [2.75, 3.05) is 6.26 Å². The van der Waals surface area contributed by atoms with Gasteiger partial charge in [0.2, 0.25) is 0 Å². The van der Waals surface area contributed by atoms with E-state index in [0.29, 0.717) is 11.4 Å². The van der Waals surface area contributed by atoms with Gasteiger partial charge in [0.25, 0.3) is 5.72 Å². The molecule has 0 spiro atoms. The second-order valence-corrected chi connectivity index (χ2v) is 8.10. The van der Waals surface area contributed by atoms with Crippen LogP contribution in [-0.2, 0) is 15.6 Å². The van der Waals surface area contributed by atoms with Crippen LogP contribution in [0.4, 0.5) is 5.69 Å². The summed E-state index contributed by atoms with van der Waals surface area (Å²) >= 11 is 0. The molecular formula is C20H16N2O3S. The van der Waals surface area contributed by atoms with Crippen molar-refractivity contribution in [3.63, 3.8) is 0 Å². The first-order valence-electron chi connectivity index (χ1n) is 8.06. The number of benzene rings is 3. The second-order valence-electron chi connectivity index (χ2n) is 6.08. The third kappa shape index (κ3) is 2.78. The SMILES string of the molecule is CS(=O)(=O)c1ccc2c(c1)N=NC(c1ccccc1)(c1ccccc1)O2. The van der Waals surface area contributed by atoms with Gasteiger partial charge in [-0.1, -0.05) is 60.7 Å². The van der Waals surface area contributed by atoms with E-state index < -0.39 is 15.6 Å². The Kier molecular flexibility index (Phi) is 3.85. The van der Waals surface area contributed by atoms with E-state index in [1.807, 2.05) is 60.7 Å². The molecule has 4 rings (SSSR count). The number of fused-ring (bicyclic) bond motifs is 1. The van der Waals surface area contributed by atoms with E-state index in [4.69, 9.17) is 4.74 Å². The van der Waals surface area contributed by atoms with E-state index in [2.05, 4.69) is 10.2 Å². The fourth-order valence-electron chi connectivity index (χ4n) is 2.92. The number of rotatable bonds is 3. The molecule has 0 N–H and O–H groups in total. The average molecular weight is 364 g/mol. The monoisotopic (exact) mass is 364 g/mol. The van der Waals surface area contributed by atoms with Crippen molar-refractivity contribution in [3.05, 3.63) is 90.0 Å². The molecule has 5 nitrogen and oxygen atoms in total. The molecule has 0 aromatic heterocycles. The van der Waals surface area contributed by atoms with Gasteiger partial charge in [-0.25, -0.2) is 8.42 Å². The van der Waals surface area contributed by atoms with E-state index in [-0.39, 0.29) is 4.90 Å². The van der Waals surface area contributed by atoms with Gasteiger partial charge in [-0.15, -0.1) is 10.2 Å². The van der Waals surface area contributed by atoms with Crippen LogP contribution in [0.1, 0.15) is 11.1 Å². The van der Waals surface area contributed by atoms with Crippen LogP contribution in [0, 0.1) is 0 Å². The molecule has 1 aliphatic rings. The maximum absolute atomic E-state index is 11.8. The zero-order valence-corrected chi connectivity index (χ0v) is 14.8. The van der Waals surface area contributed by atoms with Crippen LogP contribution in [0.15, 0.2) is 94.0 Å². The Bertz CT molecular complexity index is 1040. The molecule has 0 radical (unpaired) electrons. The molecule has 1 aliphatic heterocycles. The summed E-state index contributed by atoms with van der Waals surface area (Å²) in [5, 5.41) is 8.78. The molecule has 3 aromatic carbocycles. The molecule has 0 saturated carbocycles. The highest BCUT2D eigenvalue weighted by molar-refractivity contribution is 7.90. The molecule has 26 heavy (non-hydrogen) atoms. The van der Waals surface area contributed by atoms with E-state index >= 15 is 0 Å². The lowest BCUT2D eigenvalue weighted by Gasteiger charge is -2.33. The van der Waals surface area contributed by atoms with Crippen molar-refractivity contribution >= 4 is 15.5 Å². The van der Waals surface area contributed by atoms with Crippen LogP contribution >= 0.6 is 0 Å². The molecule has 1 heterocycles. The molecule has 0 saturated heterocycles. The molecule has 0 unspecified atom stereocenters. The van der Waals surface area contributed by atoms with Crippen LogP contribution in [-0.4, -0.2) is 14.7 Å². The molecule has 0 fully saturated rings. The lowest BCUT2D eigenvalue weighted by molar-refractivity contribution is 0.105. The second kappa shape index (κ2) is 6.07. The highest BCUT2D eigenvalue weighted by Crippen LogP contribution is 2.45. The van der Waals surface area contributed by atoms with Gasteiger partial charge in [-0.05, 0) is 18.2 Å². The molecule has 130 valence electrons. The van der Waals surface area contributed by atoms with Crippen molar-refractivity contribution in [1.29, 1.82) is 0 Å². The van der Waals surface area contributed by atoms with E-state index in [0.717, 1.165) is 17.4 Å². The van der Waals surface area contributed by atoms with Crippen LogP contribution in [0.3, 0.4) is 0 Å². The minimum Gasteiger partial charge on any atom is -0.454 e. The van der Waals surface area contributed by atoms with Gasteiger partial charge in [0.15, 0.2) is 15.6 Å². The van der Waals surface area contributed by atoms with Gasteiger partial charge in [0.1, 0.15) is 5.69 Å². The zero-order valence-electron chi connectivity index (χ0n) is 14.0. The number of azo groups is 1. The molecular weight excluding hydrogens is 348 g/mol. The molecule has 6 heteroatoms. The smallest absolute Gasteiger partial charge is 0.271 e. The molecule has 0 amide bonds. The summed E-state index contributed by atoms with van der Waals surface area (Å²) in [6.07, 6.45) is 1.16. The predicted molar refractivity (Wildman–Crippen MR) is 98.4 cm³/mol. The summed E-state index contributed by atoms with van der Waals surface area (Å²) in [6.45, 7) is 0. The Morgan fingerprint density at radius 3 is 1.96 bits per heavy atom. The molecule has 0 aliphatic carbocycles. The van der Waals surface area contributed by atoms with Crippen LogP contribution in [0.2, 0.25) is 0 Å². The Morgan fingerprint density at radius 1 is 0.846 bits per heavy atom. The summed E-state index contributed by atoms with van der Waals surface area (Å²) in [7, 11) is -3.33. The van der Waals surface area contributed by atoms with Gasteiger partial charge >= 0.3 is 0 Å². The summed E-state index contributed by atoms with van der Waals surface area (Å²) in [6, 6.07) is 23.9. The largest absolute Gasteiger partial charge is 0.454 e. The maximum atomic E-state index is 11.8. The predicted octanol–water partition coefficient (Wildman–Crippen LogP) is 4.47. The van der Waals surface area contributed by atoms with Crippen molar-refractivity contribution in [2.24, 2.45) is 10.2 Å². The van der Waals surface area contributed by atoms with Crippen LogP contribution in [0.25, 0.3) is 0 Å². The Hall–Kier alpha value is -2.99. The first-order chi connectivity index (χ1) is 12.5. The lowest BCUT2D eigenvalue weighted by Crippen LogP contribution is -2.33.